The maximum absolute atomic E-state index is 12.3. The van der Waals surface area contributed by atoms with Crippen LogP contribution in [0.2, 0.25) is 0 Å². The maximum atomic E-state index is 12.3. The molecule has 10 heteroatoms. The minimum absolute atomic E-state index is 0.298. The molecule has 2 saturated heterocycles. The molecule has 21 heavy (non-hydrogen) atoms. The Hall–Kier alpha value is -0.870. The number of halogens is 3. The minimum Gasteiger partial charge on any atom is -0.327 e. The van der Waals surface area contributed by atoms with Crippen LogP contribution in [-0.2, 0) is 15.0 Å². The van der Waals surface area contributed by atoms with Crippen LogP contribution in [0.3, 0.4) is 0 Å². The summed E-state index contributed by atoms with van der Waals surface area (Å²) in [7, 11) is -3.76. The third-order valence-electron chi connectivity index (χ3n) is 3.63. The smallest absolute Gasteiger partial charge is 0.327 e. The number of rotatable bonds is 4. The van der Waals surface area contributed by atoms with E-state index in [-0.39, 0.29) is 13.2 Å². The first-order valence-electron chi connectivity index (χ1n) is 6.80. The molecule has 0 unspecified atom stereocenters. The van der Waals surface area contributed by atoms with E-state index in [9.17, 15) is 26.4 Å². The number of carbonyl (C=O) groups is 1. The van der Waals surface area contributed by atoms with Gasteiger partial charge in [0.1, 0.15) is 0 Å². The number of hydrogen-bond donors (Lipinski definition) is 0. The third kappa shape index (κ3) is 4.07. The van der Waals surface area contributed by atoms with E-state index in [0.29, 0.717) is 13.1 Å². The van der Waals surface area contributed by atoms with Gasteiger partial charge >= 0.3 is 6.18 Å². The Morgan fingerprint density at radius 1 is 1.05 bits per heavy atom. The fourth-order valence-corrected chi connectivity index (χ4v) is 4.05. The molecular weight excluding hydrogens is 311 g/mol. The predicted molar refractivity (Wildman–Crippen MR) is 68.3 cm³/mol. The molecule has 2 aliphatic rings. The number of amides is 1. The highest BCUT2D eigenvalue weighted by Gasteiger charge is 2.40. The SMILES string of the molecule is O=C1CN(S(=O)(=O)N2CCCCC2)CN1CCC(F)(F)F. The maximum Gasteiger partial charge on any atom is 0.390 e. The second kappa shape index (κ2) is 6.09. The Morgan fingerprint density at radius 3 is 2.24 bits per heavy atom. The van der Waals surface area contributed by atoms with Crippen molar-refractivity contribution in [3.8, 4) is 0 Å². The van der Waals surface area contributed by atoms with E-state index in [0.717, 1.165) is 28.5 Å². The second-order valence-corrected chi connectivity index (χ2v) is 7.17. The quantitative estimate of drug-likeness (QED) is 0.765. The van der Waals surface area contributed by atoms with E-state index in [4.69, 9.17) is 0 Å². The summed E-state index contributed by atoms with van der Waals surface area (Å²) in [6.45, 7) is -0.385. The van der Waals surface area contributed by atoms with Gasteiger partial charge in [-0.05, 0) is 12.8 Å². The standard InChI is InChI=1S/C11H18F3N3O3S/c12-11(13,14)4-7-15-9-17(8-10(15)18)21(19,20)16-5-2-1-3-6-16/h1-9H2. The molecule has 1 amide bonds. The van der Waals surface area contributed by atoms with E-state index < -0.39 is 35.3 Å². The molecule has 2 fully saturated rings. The molecule has 6 nitrogen and oxygen atoms in total. The lowest BCUT2D eigenvalue weighted by Gasteiger charge is -2.29. The number of hydrogen-bond acceptors (Lipinski definition) is 3. The first kappa shape index (κ1) is 16.5. The van der Waals surface area contributed by atoms with Crippen molar-refractivity contribution in [2.45, 2.75) is 31.9 Å². The third-order valence-corrected chi connectivity index (χ3v) is 5.54. The van der Waals surface area contributed by atoms with Crippen LogP contribution in [0.5, 0.6) is 0 Å². The minimum atomic E-state index is -4.36. The zero-order chi connectivity index (χ0) is 15.7. The van der Waals surface area contributed by atoms with E-state index in [2.05, 4.69) is 0 Å². The molecule has 0 bridgehead atoms. The Kier molecular flexibility index (Phi) is 4.79. The van der Waals surface area contributed by atoms with Crippen LogP contribution in [-0.4, -0.2) is 66.9 Å². The zero-order valence-corrected chi connectivity index (χ0v) is 12.3. The zero-order valence-electron chi connectivity index (χ0n) is 11.5. The second-order valence-electron chi connectivity index (χ2n) is 5.24. The molecule has 0 aromatic heterocycles. The molecule has 0 aromatic rings. The van der Waals surface area contributed by atoms with Crippen molar-refractivity contribution in [1.29, 1.82) is 0 Å². The summed E-state index contributed by atoms with van der Waals surface area (Å²) in [5.41, 5.74) is 0. The van der Waals surface area contributed by atoms with Crippen LogP contribution >= 0.6 is 0 Å². The molecule has 2 aliphatic heterocycles. The molecule has 0 saturated carbocycles. The van der Waals surface area contributed by atoms with E-state index in [1.54, 1.807) is 0 Å². The summed E-state index contributed by atoms with van der Waals surface area (Å²) >= 11 is 0. The number of alkyl halides is 3. The van der Waals surface area contributed by atoms with Crippen LogP contribution in [0.15, 0.2) is 0 Å². The first-order chi connectivity index (χ1) is 9.70. The first-order valence-corrected chi connectivity index (χ1v) is 8.19. The number of carbonyl (C=O) groups excluding carboxylic acids is 1. The van der Waals surface area contributed by atoms with Gasteiger partial charge in [-0.2, -0.15) is 30.2 Å². The monoisotopic (exact) mass is 329 g/mol. The van der Waals surface area contributed by atoms with Crippen LogP contribution in [0.4, 0.5) is 13.2 Å². The summed E-state index contributed by atoms with van der Waals surface area (Å²) in [6, 6.07) is 0. The topological polar surface area (TPSA) is 60.9 Å². The van der Waals surface area contributed by atoms with Crippen molar-refractivity contribution in [2.75, 3.05) is 32.8 Å². The summed E-state index contributed by atoms with van der Waals surface area (Å²) in [6.07, 6.45) is -3.00. The van der Waals surface area contributed by atoms with Gasteiger partial charge in [0, 0.05) is 19.6 Å². The van der Waals surface area contributed by atoms with Crippen molar-refractivity contribution in [2.24, 2.45) is 0 Å². The lowest BCUT2D eigenvalue weighted by molar-refractivity contribution is -0.142. The normalized spacial score (nSPS) is 23.0. The van der Waals surface area contributed by atoms with Gasteiger partial charge in [-0.3, -0.25) is 4.79 Å². The molecule has 0 N–H and O–H groups in total. The average Bonchev–Trinajstić information content (AvgIpc) is 2.79. The largest absolute Gasteiger partial charge is 0.390 e. The number of piperidine rings is 1. The Balaban J connectivity index is 1.97. The predicted octanol–water partition coefficient (Wildman–Crippen LogP) is 0.771. The van der Waals surface area contributed by atoms with Crippen LogP contribution in [0, 0.1) is 0 Å². The fraction of sp³-hybridized carbons (Fsp3) is 0.909. The summed E-state index contributed by atoms with van der Waals surface area (Å²) in [4.78, 5) is 12.6. The molecule has 122 valence electrons. The van der Waals surface area contributed by atoms with Gasteiger partial charge in [0.05, 0.1) is 19.6 Å². The van der Waals surface area contributed by atoms with Gasteiger partial charge in [-0.15, -0.1) is 0 Å². The number of nitrogens with zero attached hydrogens (tertiary/aromatic N) is 3. The fourth-order valence-electron chi connectivity index (χ4n) is 2.44. The van der Waals surface area contributed by atoms with Crippen LogP contribution < -0.4 is 0 Å². The van der Waals surface area contributed by atoms with Crippen molar-refractivity contribution in [1.82, 2.24) is 13.5 Å². The van der Waals surface area contributed by atoms with Crippen LogP contribution in [0.25, 0.3) is 0 Å². The Bertz CT molecular complexity index is 489. The van der Waals surface area contributed by atoms with Crippen molar-refractivity contribution in [3.63, 3.8) is 0 Å². The highest BCUT2D eigenvalue weighted by Crippen LogP contribution is 2.23. The molecule has 0 atom stereocenters. The average molecular weight is 329 g/mol. The summed E-state index contributed by atoms with van der Waals surface area (Å²) in [5.74, 6) is -0.583. The Labute approximate surface area is 121 Å². The van der Waals surface area contributed by atoms with Crippen molar-refractivity contribution in [3.05, 3.63) is 0 Å². The molecule has 2 heterocycles. The van der Waals surface area contributed by atoms with Crippen molar-refractivity contribution >= 4 is 16.1 Å². The molecule has 0 aliphatic carbocycles. The van der Waals surface area contributed by atoms with Crippen LogP contribution in [0.1, 0.15) is 25.7 Å². The van der Waals surface area contributed by atoms with Crippen molar-refractivity contribution < 1.29 is 26.4 Å². The van der Waals surface area contributed by atoms with E-state index in [1.807, 2.05) is 0 Å². The van der Waals surface area contributed by atoms with Gasteiger partial charge in [0.2, 0.25) is 5.91 Å². The molecule has 2 rings (SSSR count). The lowest BCUT2D eigenvalue weighted by atomic mass is 10.2. The summed E-state index contributed by atoms with van der Waals surface area (Å²) in [5, 5.41) is 0. The lowest BCUT2D eigenvalue weighted by Crippen LogP contribution is -2.45. The molecule has 0 spiro atoms. The van der Waals surface area contributed by atoms with Gasteiger partial charge in [-0.1, -0.05) is 6.42 Å². The molecule has 0 aromatic carbocycles. The van der Waals surface area contributed by atoms with Gasteiger partial charge < -0.3 is 4.90 Å². The van der Waals surface area contributed by atoms with E-state index >= 15 is 0 Å². The molecular formula is C11H18F3N3O3S. The highest BCUT2D eigenvalue weighted by atomic mass is 32.2. The van der Waals surface area contributed by atoms with Gasteiger partial charge in [0.25, 0.3) is 10.2 Å². The van der Waals surface area contributed by atoms with E-state index in [1.165, 1.54) is 4.31 Å². The Morgan fingerprint density at radius 2 is 1.67 bits per heavy atom. The summed E-state index contributed by atoms with van der Waals surface area (Å²) < 4.78 is 63.5. The van der Waals surface area contributed by atoms with Gasteiger partial charge in [0.15, 0.2) is 0 Å². The highest BCUT2D eigenvalue weighted by molar-refractivity contribution is 7.86. The van der Waals surface area contributed by atoms with Gasteiger partial charge in [-0.25, -0.2) is 0 Å². The molecule has 0 radical (unpaired) electrons.